The van der Waals surface area contributed by atoms with Crippen LogP contribution in [0.2, 0.25) is 0 Å². The van der Waals surface area contributed by atoms with Gasteiger partial charge in [-0.05, 0) is 29.3 Å². The molecule has 0 amide bonds. The molecule has 0 saturated carbocycles. The smallest absolute Gasteiger partial charge is 0.175 e. The maximum atomic E-state index is 11.6. The first-order valence-electron chi connectivity index (χ1n) is 6.97. The van der Waals surface area contributed by atoms with Crippen LogP contribution in [0.1, 0.15) is 5.01 Å². The Balaban J connectivity index is 2.08. The molecule has 116 valence electrons. The summed E-state index contributed by atoms with van der Waals surface area (Å²) in [6.45, 7) is 3.74. The SMILES string of the molecule is C=Cc1ncc(-c2ccccc2-c2ccc(S(C)(=O)=O)cc2)s1. The summed E-state index contributed by atoms with van der Waals surface area (Å²) in [5.41, 5.74) is 3.10. The zero-order chi connectivity index (χ0) is 16.4. The molecule has 0 atom stereocenters. The zero-order valence-electron chi connectivity index (χ0n) is 12.6. The van der Waals surface area contributed by atoms with Gasteiger partial charge in [-0.25, -0.2) is 13.4 Å². The van der Waals surface area contributed by atoms with Gasteiger partial charge in [0.15, 0.2) is 9.84 Å². The monoisotopic (exact) mass is 341 g/mol. The van der Waals surface area contributed by atoms with Gasteiger partial charge in [0.1, 0.15) is 5.01 Å². The van der Waals surface area contributed by atoms with E-state index in [-0.39, 0.29) is 0 Å². The predicted molar refractivity (Wildman–Crippen MR) is 96.2 cm³/mol. The average molecular weight is 341 g/mol. The fourth-order valence-corrected chi connectivity index (χ4v) is 3.78. The highest BCUT2D eigenvalue weighted by Gasteiger charge is 2.11. The van der Waals surface area contributed by atoms with Crippen LogP contribution < -0.4 is 0 Å². The van der Waals surface area contributed by atoms with Crippen LogP contribution in [0.3, 0.4) is 0 Å². The molecule has 5 heteroatoms. The fraction of sp³-hybridized carbons (Fsp3) is 0.0556. The van der Waals surface area contributed by atoms with Gasteiger partial charge in [-0.2, -0.15) is 0 Å². The number of hydrogen-bond donors (Lipinski definition) is 0. The molecule has 1 heterocycles. The summed E-state index contributed by atoms with van der Waals surface area (Å²) >= 11 is 1.58. The minimum Gasteiger partial charge on any atom is -0.245 e. The normalized spacial score (nSPS) is 11.3. The molecule has 23 heavy (non-hydrogen) atoms. The number of benzene rings is 2. The molecule has 0 radical (unpaired) electrons. The second-order valence-corrected chi connectivity index (χ2v) is 8.19. The van der Waals surface area contributed by atoms with Crippen molar-refractivity contribution < 1.29 is 8.42 Å². The van der Waals surface area contributed by atoms with Gasteiger partial charge in [0.25, 0.3) is 0 Å². The first kappa shape index (κ1) is 15.6. The second-order valence-electron chi connectivity index (χ2n) is 5.11. The van der Waals surface area contributed by atoms with Crippen molar-refractivity contribution in [1.82, 2.24) is 4.98 Å². The van der Waals surface area contributed by atoms with Crippen molar-refractivity contribution in [2.75, 3.05) is 6.26 Å². The first-order valence-corrected chi connectivity index (χ1v) is 9.68. The Morgan fingerprint density at radius 2 is 1.70 bits per heavy atom. The molecular weight excluding hydrogens is 326 g/mol. The van der Waals surface area contributed by atoms with Crippen LogP contribution in [-0.4, -0.2) is 19.7 Å². The van der Waals surface area contributed by atoms with Crippen molar-refractivity contribution in [2.24, 2.45) is 0 Å². The molecule has 0 saturated heterocycles. The first-order chi connectivity index (χ1) is 11.0. The summed E-state index contributed by atoms with van der Waals surface area (Å²) < 4.78 is 23.2. The highest BCUT2D eigenvalue weighted by molar-refractivity contribution is 7.90. The molecule has 0 fully saturated rings. The third kappa shape index (κ3) is 3.25. The average Bonchev–Trinajstić information content (AvgIpc) is 3.03. The lowest BCUT2D eigenvalue weighted by Crippen LogP contribution is -1.96. The highest BCUT2D eigenvalue weighted by Crippen LogP contribution is 2.35. The number of aromatic nitrogens is 1. The van der Waals surface area contributed by atoms with Gasteiger partial charge in [-0.15, -0.1) is 11.3 Å². The van der Waals surface area contributed by atoms with Crippen LogP contribution in [0.4, 0.5) is 0 Å². The van der Waals surface area contributed by atoms with Crippen LogP contribution in [-0.2, 0) is 9.84 Å². The second kappa shape index (κ2) is 6.10. The van der Waals surface area contributed by atoms with Crippen molar-refractivity contribution in [3.63, 3.8) is 0 Å². The van der Waals surface area contributed by atoms with Crippen LogP contribution in [0.5, 0.6) is 0 Å². The van der Waals surface area contributed by atoms with E-state index >= 15 is 0 Å². The molecule has 0 N–H and O–H groups in total. The fourth-order valence-electron chi connectivity index (χ4n) is 2.34. The summed E-state index contributed by atoms with van der Waals surface area (Å²) in [6, 6.07) is 15.0. The Morgan fingerprint density at radius 3 is 2.26 bits per heavy atom. The molecular formula is C18H15NO2S2. The van der Waals surface area contributed by atoms with Gasteiger partial charge >= 0.3 is 0 Å². The highest BCUT2D eigenvalue weighted by atomic mass is 32.2. The molecule has 0 bridgehead atoms. The summed E-state index contributed by atoms with van der Waals surface area (Å²) in [5, 5.41) is 0.877. The lowest BCUT2D eigenvalue weighted by Gasteiger charge is -2.08. The Bertz CT molecular complexity index is 955. The van der Waals surface area contributed by atoms with Gasteiger partial charge in [0.05, 0.1) is 9.77 Å². The Labute approximate surface area is 139 Å². The van der Waals surface area contributed by atoms with Crippen LogP contribution in [0, 0.1) is 0 Å². The quantitative estimate of drug-likeness (QED) is 0.701. The molecule has 0 spiro atoms. The Hall–Kier alpha value is -2.24. The summed E-state index contributed by atoms with van der Waals surface area (Å²) in [6.07, 6.45) is 4.78. The van der Waals surface area contributed by atoms with Crippen molar-refractivity contribution in [1.29, 1.82) is 0 Å². The molecule has 0 aliphatic carbocycles. The van der Waals surface area contributed by atoms with Gasteiger partial charge in [0.2, 0.25) is 0 Å². The third-order valence-corrected chi connectivity index (χ3v) is 5.64. The van der Waals surface area contributed by atoms with E-state index in [1.807, 2.05) is 42.6 Å². The largest absolute Gasteiger partial charge is 0.245 e. The molecule has 1 aromatic heterocycles. The summed E-state index contributed by atoms with van der Waals surface area (Å²) in [7, 11) is -3.18. The maximum absolute atomic E-state index is 11.6. The van der Waals surface area contributed by atoms with E-state index in [1.165, 1.54) is 6.26 Å². The minimum absolute atomic E-state index is 0.325. The lowest BCUT2D eigenvalue weighted by atomic mass is 9.99. The van der Waals surface area contributed by atoms with E-state index in [9.17, 15) is 8.42 Å². The van der Waals surface area contributed by atoms with Gasteiger partial charge in [0, 0.05) is 18.0 Å². The van der Waals surface area contributed by atoms with E-state index < -0.39 is 9.84 Å². The minimum atomic E-state index is -3.18. The van der Waals surface area contributed by atoms with E-state index in [1.54, 1.807) is 29.5 Å². The number of thiazole rings is 1. The molecule has 3 nitrogen and oxygen atoms in total. The Morgan fingerprint density at radius 1 is 1.04 bits per heavy atom. The lowest BCUT2D eigenvalue weighted by molar-refractivity contribution is 0.602. The van der Waals surface area contributed by atoms with E-state index in [4.69, 9.17) is 0 Å². The zero-order valence-corrected chi connectivity index (χ0v) is 14.2. The molecule has 3 aromatic rings. The van der Waals surface area contributed by atoms with Gasteiger partial charge < -0.3 is 0 Å². The van der Waals surface area contributed by atoms with Crippen LogP contribution in [0.15, 0.2) is 66.2 Å². The van der Waals surface area contributed by atoms with Crippen molar-refractivity contribution >= 4 is 27.3 Å². The van der Waals surface area contributed by atoms with Crippen LogP contribution >= 0.6 is 11.3 Å². The Kier molecular flexibility index (Phi) is 4.15. The van der Waals surface area contributed by atoms with Gasteiger partial charge in [-0.1, -0.05) is 43.0 Å². The van der Waals surface area contributed by atoms with Gasteiger partial charge in [-0.3, -0.25) is 0 Å². The summed E-state index contributed by atoms with van der Waals surface area (Å²) in [5.74, 6) is 0. The standard InChI is InChI=1S/C18H15NO2S2/c1-3-18-19-12-17(22-18)16-7-5-4-6-15(16)13-8-10-14(11-9-13)23(2,20)21/h3-12H,1H2,2H3. The van der Waals surface area contributed by atoms with E-state index in [0.29, 0.717) is 4.90 Å². The third-order valence-electron chi connectivity index (χ3n) is 3.48. The van der Waals surface area contributed by atoms with Crippen molar-refractivity contribution in [2.45, 2.75) is 4.90 Å². The molecule has 3 rings (SSSR count). The molecule has 0 aliphatic rings. The van der Waals surface area contributed by atoms with E-state index in [0.717, 1.165) is 26.6 Å². The number of rotatable bonds is 4. The summed E-state index contributed by atoms with van der Waals surface area (Å²) in [4.78, 5) is 5.70. The number of hydrogen-bond acceptors (Lipinski definition) is 4. The van der Waals surface area contributed by atoms with Crippen molar-refractivity contribution in [3.05, 3.63) is 66.3 Å². The predicted octanol–water partition coefficient (Wildman–Crippen LogP) is 4.52. The maximum Gasteiger partial charge on any atom is 0.175 e. The van der Waals surface area contributed by atoms with E-state index in [2.05, 4.69) is 11.6 Å². The number of sulfone groups is 1. The molecule has 2 aromatic carbocycles. The molecule has 0 unspecified atom stereocenters. The molecule has 0 aliphatic heterocycles. The van der Waals surface area contributed by atoms with Crippen LogP contribution in [0.25, 0.3) is 27.6 Å². The topological polar surface area (TPSA) is 47.0 Å². The number of nitrogens with zero attached hydrogens (tertiary/aromatic N) is 1. The van der Waals surface area contributed by atoms with Crippen molar-refractivity contribution in [3.8, 4) is 21.6 Å².